The fourth-order valence-electron chi connectivity index (χ4n) is 3.33. The van der Waals surface area contributed by atoms with Crippen LogP contribution in [-0.2, 0) is 24.2 Å². The zero-order chi connectivity index (χ0) is 21.5. The van der Waals surface area contributed by atoms with Gasteiger partial charge in [-0.3, -0.25) is 4.79 Å². The number of aromatic nitrogens is 4. The lowest BCUT2D eigenvalue weighted by Gasteiger charge is -2.13. The summed E-state index contributed by atoms with van der Waals surface area (Å²) in [6, 6.07) is 17.8. The number of fused-ring (bicyclic) bond motifs is 1. The lowest BCUT2D eigenvalue weighted by molar-refractivity contribution is -0.121. The highest BCUT2D eigenvalue weighted by molar-refractivity contribution is 5.76. The Morgan fingerprint density at radius 1 is 1.06 bits per heavy atom. The lowest BCUT2D eigenvalue weighted by atomic mass is 10.1. The normalized spacial score (nSPS) is 12.0. The van der Waals surface area contributed by atoms with Crippen LogP contribution in [0, 0.1) is 0 Å². The van der Waals surface area contributed by atoms with Crippen LogP contribution in [0.3, 0.4) is 0 Å². The molecule has 0 aliphatic rings. The van der Waals surface area contributed by atoms with E-state index in [9.17, 15) is 4.79 Å². The number of carbonyl (C=O) groups is 1. The van der Waals surface area contributed by atoms with Crippen molar-refractivity contribution < 1.29 is 9.21 Å². The zero-order valence-electron chi connectivity index (χ0n) is 17.5. The van der Waals surface area contributed by atoms with Crippen LogP contribution >= 0.6 is 0 Å². The maximum Gasteiger partial charge on any atom is 0.220 e. The van der Waals surface area contributed by atoms with Gasteiger partial charge in [-0.15, -0.1) is 15.3 Å². The third kappa shape index (κ3) is 5.69. The molecule has 0 fully saturated rings. The van der Waals surface area contributed by atoms with Gasteiger partial charge >= 0.3 is 0 Å². The van der Waals surface area contributed by atoms with Gasteiger partial charge in [-0.05, 0) is 43.2 Å². The second-order valence-electron chi connectivity index (χ2n) is 7.53. The number of furan rings is 1. The van der Waals surface area contributed by atoms with Gasteiger partial charge in [-0.1, -0.05) is 30.3 Å². The minimum Gasteiger partial charge on any atom is -0.469 e. The van der Waals surface area contributed by atoms with Gasteiger partial charge in [-0.2, -0.15) is 4.52 Å². The Hall–Kier alpha value is -3.68. The van der Waals surface area contributed by atoms with Crippen molar-refractivity contribution in [1.82, 2.24) is 25.1 Å². The monoisotopic (exact) mass is 418 g/mol. The van der Waals surface area contributed by atoms with Crippen molar-refractivity contribution in [2.45, 2.75) is 45.2 Å². The Morgan fingerprint density at radius 2 is 1.94 bits per heavy atom. The smallest absolute Gasteiger partial charge is 0.220 e. The number of hydrogen-bond acceptors (Lipinski definition) is 6. The van der Waals surface area contributed by atoms with Crippen molar-refractivity contribution in [2.24, 2.45) is 0 Å². The number of benzene rings is 1. The van der Waals surface area contributed by atoms with E-state index in [4.69, 9.17) is 4.42 Å². The van der Waals surface area contributed by atoms with Gasteiger partial charge in [0.1, 0.15) is 11.6 Å². The minimum atomic E-state index is -0.0120. The summed E-state index contributed by atoms with van der Waals surface area (Å²) in [6.07, 6.45) is 4.08. The van der Waals surface area contributed by atoms with Crippen molar-refractivity contribution in [3.8, 4) is 0 Å². The molecule has 1 amide bonds. The van der Waals surface area contributed by atoms with Crippen molar-refractivity contribution in [1.29, 1.82) is 0 Å². The van der Waals surface area contributed by atoms with Crippen LogP contribution in [0.1, 0.15) is 36.9 Å². The van der Waals surface area contributed by atoms with Gasteiger partial charge in [0.25, 0.3) is 0 Å². The average Bonchev–Trinajstić information content (AvgIpc) is 3.45. The minimum absolute atomic E-state index is 0.0120. The fourth-order valence-corrected chi connectivity index (χ4v) is 3.33. The maximum atomic E-state index is 12.3. The molecule has 3 aromatic heterocycles. The molecule has 0 aliphatic carbocycles. The largest absolute Gasteiger partial charge is 0.469 e. The van der Waals surface area contributed by atoms with E-state index in [-0.39, 0.29) is 11.9 Å². The van der Waals surface area contributed by atoms with Gasteiger partial charge in [0, 0.05) is 31.8 Å². The third-order valence-corrected chi connectivity index (χ3v) is 5.03. The average molecular weight is 419 g/mol. The number of nitrogens with zero attached hydrogens (tertiary/aromatic N) is 4. The highest BCUT2D eigenvalue weighted by Crippen LogP contribution is 2.11. The number of carbonyl (C=O) groups excluding carboxylic acids is 1. The predicted octanol–water partition coefficient (Wildman–Crippen LogP) is 3.40. The molecule has 0 radical (unpaired) electrons. The van der Waals surface area contributed by atoms with Crippen molar-refractivity contribution in [2.75, 3.05) is 5.32 Å². The first kappa shape index (κ1) is 20.6. The first-order chi connectivity index (χ1) is 15.2. The number of nitrogens with one attached hydrogen (secondary N) is 2. The highest BCUT2D eigenvalue weighted by atomic mass is 16.3. The number of amides is 1. The van der Waals surface area contributed by atoms with Crippen LogP contribution in [-0.4, -0.2) is 31.8 Å². The van der Waals surface area contributed by atoms with Crippen LogP contribution in [0.2, 0.25) is 0 Å². The second-order valence-corrected chi connectivity index (χ2v) is 7.53. The Balaban J connectivity index is 1.30. The predicted molar refractivity (Wildman–Crippen MR) is 118 cm³/mol. The SMILES string of the molecule is C[C@H](CCc1ccco1)NC(=O)CCc1nnc2ccc(NCc3ccccc3)nn12. The Kier molecular flexibility index (Phi) is 6.56. The van der Waals surface area contributed by atoms with Gasteiger partial charge < -0.3 is 15.1 Å². The summed E-state index contributed by atoms with van der Waals surface area (Å²) in [7, 11) is 0. The molecular formula is C23H26N6O2. The number of rotatable bonds is 10. The van der Waals surface area contributed by atoms with Gasteiger partial charge in [0.05, 0.1) is 6.26 Å². The molecule has 8 nitrogen and oxygen atoms in total. The molecule has 0 aliphatic heterocycles. The second kappa shape index (κ2) is 9.88. The topological polar surface area (TPSA) is 97.4 Å². The summed E-state index contributed by atoms with van der Waals surface area (Å²) in [4.78, 5) is 12.3. The number of anilines is 1. The number of aryl methyl sites for hydroxylation is 2. The van der Waals surface area contributed by atoms with Crippen LogP contribution in [0.15, 0.2) is 65.3 Å². The van der Waals surface area contributed by atoms with E-state index in [1.54, 1.807) is 10.8 Å². The maximum absolute atomic E-state index is 12.3. The van der Waals surface area contributed by atoms with Gasteiger partial charge in [-0.25, -0.2) is 0 Å². The van der Waals surface area contributed by atoms with Crippen molar-refractivity contribution in [3.05, 3.63) is 78.0 Å². The Bertz CT molecular complexity index is 1110. The molecule has 4 rings (SSSR count). The van der Waals surface area contributed by atoms with Crippen LogP contribution in [0.25, 0.3) is 5.65 Å². The summed E-state index contributed by atoms with van der Waals surface area (Å²) in [5.74, 6) is 2.31. The molecule has 0 unspecified atom stereocenters. The van der Waals surface area contributed by atoms with Crippen LogP contribution in [0.4, 0.5) is 5.82 Å². The Morgan fingerprint density at radius 3 is 2.74 bits per heavy atom. The van der Waals surface area contributed by atoms with Crippen LogP contribution < -0.4 is 10.6 Å². The molecule has 4 aromatic rings. The molecule has 0 spiro atoms. The van der Waals surface area contributed by atoms with E-state index in [0.717, 1.165) is 24.4 Å². The van der Waals surface area contributed by atoms with Crippen molar-refractivity contribution in [3.63, 3.8) is 0 Å². The molecule has 0 saturated carbocycles. The molecule has 1 atom stereocenters. The molecule has 2 N–H and O–H groups in total. The standard InChI is InChI=1S/C23H26N6O2/c1-17(9-10-19-8-5-15-31-19)25-23(30)14-13-22-27-26-21-12-11-20(28-29(21)22)24-16-18-6-3-2-4-7-18/h2-8,11-12,15,17H,9-10,13-14,16H2,1H3,(H,24,28)(H,25,30)/t17-/m1/s1. The molecule has 3 heterocycles. The summed E-state index contributed by atoms with van der Waals surface area (Å²) in [5, 5.41) is 19.3. The summed E-state index contributed by atoms with van der Waals surface area (Å²) in [5.41, 5.74) is 1.83. The highest BCUT2D eigenvalue weighted by Gasteiger charge is 2.12. The quantitative estimate of drug-likeness (QED) is 0.410. The third-order valence-electron chi connectivity index (χ3n) is 5.03. The first-order valence-electron chi connectivity index (χ1n) is 10.5. The molecule has 0 bridgehead atoms. The Labute approximate surface area is 180 Å². The summed E-state index contributed by atoms with van der Waals surface area (Å²) < 4.78 is 7.03. The van der Waals surface area contributed by atoms with E-state index in [1.807, 2.05) is 49.4 Å². The zero-order valence-corrected chi connectivity index (χ0v) is 17.5. The summed E-state index contributed by atoms with van der Waals surface area (Å²) in [6.45, 7) is 2.68. The van der Waals surface area contributed by atoms with E-state index < -0.39 is 0 Å². The van der Waals surface area contributed by atoms with Gasteiger partial charge in [0.2, 0.25) is 5.91 Å². The van der Waals surface area contributed by atoms with Crippen molar-refractivity contribution >= 4 is 17.4 Å². The molecule has 8 heteroatoms. The van der Waals surface area contributed by atoms with E-state index in [2.05, 4.69) is 38.1 Å². The molecule has 0 saturated heterocycles. The fraction of sp³-hybridized carbons (Fsp3) is 0.304. The molecular weight excluding hydrogens is 392 g/mol. The molecule has 1 aromatic carbocycles. The molecule has 160 valence electrons. The van der Waals surface area contributed by atoms with Gasteiger partial charge in [0.15, 0.2) is 11.5 Å². The van der Waals surface area contributed by atoms with Crippen LogP contribution in [0.5, 0.6) is 0 Å². The number of hydrogen-bond donors (Lipinski definition) is 2. The van der Waals surface area contributed by atoms with E-state index in [0.29, 0.717) is 30.9 Å². The summed E-state index contributed by atoms with van der Waals surface area (Å²) >= 11 is 0. The van der Waals surface area contributed by atoms with E-state index >= 15 is 0 Å². The van der Waals surface area contributed by atoms with E-state index in [1.165, 1.54) is 5.56 Å². The first-order valence-corrected chi connectivity index (χ1v) is 10.5. The lowest BCUT2D eigenvalue weighted by Crippen LogP contribution is -2.33. The molecule has 31 heavy (non-hydrogen) atoms.